The first kappa shape index (κ1) is 21.1. The number of carbonyl (C=O) groups is 2. The Bertz CT molecular complexity index is 757. The summed E-state index contributed by atoms with van der Waals surface area (Å²) in [4.78, 5) is 34.1. The molecule has 0 saturated carbocycles. The highest BCUT2D eigenvalue weighted by Gasteiger charge is 2.55. The maximum atomic E-state index is 12.8. The van der Waals surface area contributed by atoms with Gasteiger partial charge in [0, 0.05) is 24.1 Å². The van der Waals surface area contributed by atoms with Crippen LogP contribution in [-0.2, 0) is 9.53 Å². The van der Waals surface area contributed by atoms with Crippen molar-refractivity contribution in [2.24, 2.45) is 0 Å². The molecule has 0 radical (unpaired) electrons. The molecule has 12 heteroatoms. The maximum absolute atomic E-state index is 12.8. The van der Waals surface area contributed by atoms with Crippen LogP contribution in [0.3, 0.4) is 0 Å². The summed E-state index contributed by atoms with van der Waals surface area (Å²) in [5.41, 5.74) is -4.25. The number of aliphatic hydroxyl groups is 1. The van der Waals surface area contributed by atoms with E-state index in [4.69, 9.17) is 16.3 Å². The average molecular weight is 411 g/mol. The molecular formula is C15H14ClF3N2O6. The predicted molar refractivity (Wildman–Crippen MR) is 85.2 cm³/mol. The van der Waals surface area contributed by atoms with E-state index < -0.39 is 52.5 Å². The normalized spacial score (nSPS) is 28.4. The molecule has 1 aliphatic rings. The molecule has 1 amide bonds. The fourth-order valence-electron chi connectivity index (χ4n) is 2.75. The summed E-state index contributed by atoms with van der Waals surface area (Å²) in [6.45, 7) is 1.21. The van der Waals surface area contributed by atoms with Crippen LogP contribution in [0.4, 0.5) is 18.9 Å². The fourth-order valence-corrected chi connectivity index (χ4v) is 3.08. The molecule has 1 aromatic rings. The minimum Gasteiger partial charge on any atom is -0.377 e. The summed E-state index contributed by atoms with van der Waals surface area (Å²) < 4.78 is 42.9. The van der Waals surface area contributed by atoms with Crippen LogP contribution in [0.2, 0.25) is 0 Å². The van der Waals surface area contributed by atoms with E-state index in [2.05, 4.69) is 0 Å². The summed E-state index contributed by atoms with van der Waals surface area (Å²) >= 11 is 5.79. The molecule has 1 saturated heterocycles. The number of nitrogens with zero attached hydrogens (tertiary/aromatic N) is 1. The van der Waals surface area contributed by atoms with Crippen LogP contribution < -0.4 is 5.32 Å². The number of alkyl halides is 4. The first-order valence-corrected chi connectivity index (χ1v) is 7.99. The van der Waals surface area contributed by atoms with Gasteiger partial charge in [-0.05, 0) is 19.1 Å². The lowest BCUT2D eigenvalue weighted by Crippen LogP contribution is -2.68. The van der Waals surface area contributed by atoms with Gasteiger partial charge in [0.1, 0.15) is 5.56 Å². The van der Waals surface area contributed by atoms with Crippen LogP contribution in [-0.4, -0.2) is 51.2 Å². The summed E-state index contributed by atoms with van der Waals surface area (Å²) in [7, 11) is 0. The first-order valence-electron chi connectivity index (χ1n) is 7.56. The summed E-state index contributed by atoms with van der Waals surface area (Å²) in [6.07, 6.45) is -7.07. The topological polar surface area (TPSA) is 119 Å². The smallest absolute Gasteiger partial charge is 0.377 e. The van der Waals surface area contributed by atoms with Gasteiger partial charge in [-0.25, -0.2) is 0 Å². The number of carbonyl (C=O) groups excluding carboxylic acids is 2. The van der Waals surface area contributed by atoms with E-state index in [1.807, 2.05) is 0 Å². The van der Waals surface area contributed by atoms with Crippen molar-refractivity contribution >= 4 is 29.0 Å². The zero-order valence-corrected chi connectivity index (χ0v) is 14.5. The molecule has 1 aromatic carbocycles. The van der Waals surface area contributed by atoms with Gasteiger partial charge in [0.25, 0.3) is 5.69 Å². The van der Waals surface area contributed by atoms with E-state index in [9.17, 15) is 38.0 Å². The number of hydrogen-bond donors (Lipinski definition) is 2. The summed E-state index contributed by atoms with van der Waals surface area (Å²) in [6, 6.07) is 2.39. The lowest BCUT2D eigenvalue weighted by atomic mass is 9.78. The average Bonchev–Trinajstić information content (AvgIpc) is 2.57. The van der Waals surface area contributed by atoms with E-state index in [0.29, 0.717) is 0 Å². The highest BCUT2D eigenvalue weighted by Crippen LogP contribution is 2.35. The second-order valence-corrected chi connectivity index (χ2v) is 6.39. The zero-order valence-electron chi connectivity index (χ0n) is 13.7. The number of hydrogen-bond acceptors (Lipinski definition) is 6. The quantitative estimate of drug-likeness (QED) is 0.339. The molecule has 0 bridgehead atoms. The number of nitro groups is 1. The third kappa shape index (κ3) is 4.20. The molecule has 1 heterocycles. The van der Waals surface area contributed by atoms with Crippen LogP contribution in [0, 0.1) is 10.1 Å². The molecule has 8 nitrogen and oxygen atoms in total. The number of halogens is 4. The molecule has 2 rings (SSSR count). The van der Waals surface area contributed by atoms with E-state index in [1.54, 1.807) is 5.32 Å². The molecule has 0 spiro atoms. The number of non-ortho nitro benzene ring substituents is 1. The molecule has 0 aromatic heterocycles. The highest BCUT2D eigenvalue weighted by atomic mass is 35.5. The monoisotopic (exact) mass is 410 g/mol. The van der Waals surface area contributed by atoms with Crippen LogP contribution in [0.5, 0.6) is 0 Å². The summed E-state index contributed by atoms with van der Waals surface area (Å²) in [5.74, 6) is -3.42. The van der Waals surface area contributed by atoms with Gasteiger partial charge in [-0.2, -0.15) is 13.2 Å². The van der Waals surface area contributed by atoms with Gasteiger partial charge in [-0.3, -0.25) is 19.7 Å². The van der Waals surface area contributed by atoms with Crippen molar-refractivity contribution in [3.8, 4) is 0 Å². The Hall–Kier alpha value is -2.24. The van der Waals surface area contributed by atoms with Crippen molar-refractivity contribution < 1.29 is 37.5 Å². The van der Waals surface area contributed by atoms with Gasteiger partial charge in [-0.15, -0.1) is 0 Å². The molecule has 1 fully saturated rings. The van der Waals surface area contributed by atoms with Gasteiger partial charge in [-0.1, -0.05) is 11.6 Å². The van der Waals surface area contributed by atoms with Gasteiger partial charge in [0.2, 0.25) is 0 Å². The SMILES string of the molecule is C[C@H]1O[C@H](Cl)C[C@H](NC(=O)C(F)(F)F)[C@]1(O)C(=O)c1ccc([N+](=O)[O-])cc1. The number of nitro benzene ring substituents is 1. The Morgan fingerprint density at radius 1 is 1.37 bits per heavy atom. The van der Waals surface area contributed by atoms with Crippen LogP contribution >= 0.6 is 11.6 Å². The van der Waals surface area contributed by atoms with Crippen molar-refractivity contribution in [1.29, 1.82) is 0 Å². The number of benzene rings is 1. The standard InChI is InChI=1S/C15H14ClF3N2O6/c1-7-14(24,12(22)8-2-4-9(5-3-8)21(25)26)10(6-11(16)27-7)20-13(23)15(17,18)19/h2-5,7,10-11,24H,6H2,1H3,(H,20,23)/t7-,10+,11+,14+/m1/s1. The third-order valence-electron chi connectivity index (χ3n) is 4.19. The van der Waals surface area contributed by atoms with Gasteiger partial charge in [0.15, 0.2) is 11.4 Å². The van der Waals surface area contributed by atoms with Crippen molar-refractivity contribution in [2.45, 2.75) is 42.8 Å². The van der Waals surface area contributed by atoms with Gasteiger partial charge < -0.3 is 15.2 Å². The van der Waals surface area contributed by atoms with E-state index in [-0.39, 0.29) is 11.3 Å². The molecule has 0 aliphatic carbocycles. The molecule has 148 valence electrons. The zero-order chi connectivity index (χ0) is 20.6. The van der Waals surface area contributed by atoms with Crippen molar-refractivity contribution in [3.05, 3.63) is 39.9 Å². The predicted octanol–water partition coefficient (Wildman–Crippen LogP) is 1.93. The second-order valence-electron chi connectivity index (χ2n) is 5.91. The van der Waals surface area contributed by atoms with Crippen molar-refractivity contribution in [2.75, 3.05) is 0 Å². The molecule has 0 unspecified atom stereocenters. The minimum atomic E-state index is -5.24. The largest absolute Gasteiger partial charge is 0.471 e. The van der Waals surface area contributed by atoms with Crippen molar-refractivity contribution in [3.63, 3.8) is 0 Å². The van der Waals surface area contributed by atoms with E-state index in [1.165, 1.54) is 6.92 Å². The van der Waals surface area contributed by atoms with Gasteiger partial charge in [0.05, 0.1) is 17.1 Å². The molecule has 2 N–H and O–H groups in total. The van der Waals surface area contributed by atoms with Crippen LogP contribution in [0.1, 0.15) is 23.7 Å². The molecule has 1 aliphatic heterocycles. The van der Waals surface area contributed by atoms with Crippen LogP contribution in [0.15, 0.2) is 24.3 Å². The molecule has 4 atom stereocenters. The van der Waals surface area contributed by atoms with E-state index >= 15 is 0 Å². The van der Waals surface area contributed by atoms with E-state index in [0.717, 1.165) is 24.3 Å². The fraction of sp³-hybridized carbons (Fsp3) is 0.467. The maximum Gasteiger partial charge on any atom is 0.471 e. The first-order chi connectivity index (χ1) is 12.4. The third-order valence-corrected chi connectivity index (χ3v) is 4.47. The number of amides is 1. The number of ether oxygens (including phenoxy) is 1. The minimum absolute atomic E-state index is 0.210. The number of Topliss-reactive ketones (excluding diaryl/α,β-unsaturated/α-hetero) is 1. The van der Waals surface area contributed by atoms with Gasteiger partial charge >= 0.3 is 12.1 Å². The van der Waals surface area contributed by atoms with Crippen molar-refractivity contribution in [1.82, 2.24) is 5.32 Å². The Morgan fingerprint density at radius 3 is 2.41 bits per heavy atom. The summed E-state index contributed by atoms with van der Waals surface area (Å²) in [5, 5.41) is 23.2. The highest BCUT2D eigenvalue weighted by molar-refractivity contribution is 6.20. The Kier molecular flexibility index (Phi) is 5.78. The lowest BCUT2D eigenvalue weighted by Gasteiger charge is -2.44. The Morgan fingerprint density at radius 2 is 1.93 bits per heavy atom. The lowest BCUT2D eigenvalue weighted by molar-refractivity contribution is -0.384. The number of ketones is 1. The Labute approximate surface area is 155 Å². The second kappa shape index (κ2) is 7.41. The number of rotatable bonds is 4. The van der Waals surface area contributed by atoms with Crippen LogP contribution in [0.25, 0.3) is 0 Å². The number of nitrogens with one attached hydrogen (secondary N) is 1. The molecule has 27 heavy (non-hydrogen) atoms. The molecular weight excluding hydrogens is 397 g/mol. The Balaban J connectivity index is 2.38.